The molecule has 136 valence electrons. The first-order valence-corrected chi connectivity index (χ1v) is 11.5. The molecule has 2 fully saturated rings. The van der Waals surface area contributed by atoms with Crippen molar-refractivity contribution in [1.82, 2.24) is 4.90 Å². The molecule has 0 aromatic carbocycles. The van der Waals surface area contributed by atoms with E-state index in [0.717, 1.165) is 45.2 Å². The van der Waals surface area contributed by atoms with Crippen molar-refractivity contribution in [1.29, 1.82) is 0 Å². The normalized spacial score (nSPS) is 30.2. The number of unbranched alkanes of at least 4 members (excludes halogenated alkanes) is 2. The van der Waals surface area contributed by atoms with Crippen molar-refractivity contribution in [2.24, 2.45) is 0 Å². The molecule has 0 radical (unpaired) electrons. The Hall–Kier alpha value is -0.130. The van der Waals surface area contributed by atoms with Gasteiger partial charge < -0.3 is 4.74 Å². The van der Waals surface area contributed by atoms with Crippen molar-refractivity contribution in [2.75, 3.05) is 24.6 Å². The molecule has 4 nitrogen and oxygen atoms in total. The molecule has 0 aromatic rings. The summed E-state index contributed by atoms with van der Waals surface area (Å²) in [6.45, 7) is 5.94. The highest BCUT2D eigenvalue weighted by Crippen LogP contribution is 2.28. The first-order chi connectivity index (χ1) is 11.0. The van der Waals surface area contributed by atoms with Crippen molar-refractivity contribution in [2.45, 2.75) is 89.9 Å². The van der Waals surface area contributed by atoms with E-state index in [2.05, 4.69) is 18.7 Å². The maximum absolute atomic E-state index is 11.5. The summed E-state index contributed by atoms with van der Waals surface area (Å²) in [4.78, 5) is 2.40. The van der Waals surface area contributed by atoms with Crippen LogP contribution in [0.5, 0.6) is 0 Å². The minimum Gasteiger partial charge on any atom is -0.375 e. The van der Waals surface area contributed by atoms with Crippen LogP contribution in [0.15, 0.2) is 0 Å². The lowest BCUT2D eigenvalue weighted by Gasteiger charge is -2.39. The molecule has 1 saturated carbocycles. The molecular weight excluding hydrogens is 310 g/mol. The van der Waals surface area contributed by atoms with Crippen LogP contribution in [-0.4, -0.2) is 56.2 Å². The molecule has 1 atom stereocenters. The van der Waals surface area contributed by atoms with Gasteiger partial charge in [-0.15, -0.1) is 0 Å². The summed E-state index contributed by atoms with van der Waals surface area (Å²) >= 11 is 0. The van der Waals surface area contributed by atoms with Crippen LogP contribution < -0.4 is 0 Å². The SMILES string of the molecule is CCCCCC(CC)OC1CCC(N2CCS(=O)(=O)CC2)CC1. The standard InChI is InChI=1S/C18H35NO3S/c1-3-5-6-7-17(4-2)22-18-10-8-16(9-11-18)19-12-14-23(20,21)15-13-19/h16-18H,3-15H2,1-2H3. The van der Waals surface area contributed by atoms with E-state index in [4.69, 9.17) is 4.74 Å². The molecule has 0 aromatic heterocycles. The molecule has 0 N–H and O–H groups in total. The number of hydrogen-bond donors (Lipinski definition) is 0. The van der Waals surface area contributed by atoms with E-state index in [9.17, 15) is 8.42 Å². The van der Waals surface area contributed by atoms with E-state index < -0.39 is 9.84 Å². The molecule has 1 heterocycles. The van der Waals surface area contributed by atoms with Crippen LogP contribution in [0.4, 0.5) is 0 Å². The molecular formula is C18H35NO3S. The molecule has 1 saturated heterocycles. The zero-order valence-electron chi connectivity index (χ0n) is 15.0. The minimum atomic E-state index is -2.76. The molecule has 5 heteroatoms. The molecule has 1 aliphatic heterocycles. The van der Waals surface area contributed by atoms with E-state index >= 15 is 0 Å². The minimum absolute atomic E-state index is 0.346. The number of ether oxygens (including phenoxy) is 1. The van der Waals surface area contributed by atoms with Gasteiger partial charge >= 0.3 is 0 Å². The molecule has 1 unspecified atom stereocenters. The van der Waals surface area contributed by atoms with Gasteiger partial charge in [-0.2, -0.15) is 0 Å². The lowest BCUT2D eigenvalue weighted by Crippen LogP contribution is -2.47. The highest BCUT2D eigenvalue weighted by molar-refractivity contribution is 7.91. The van der Waals surface area contributed by atoms with E-state index in [1.165, 1.54) is 25.7 Å². The summed E-state index contributed by atoms with van der Waals surface area (Å²) < 4.78 is 29.4. The van der Waals surface area contributed by atoms with Gasteiger partial charge in [-0.05, 0) is 38.5 Å². The molecule has 2 aliphatic rings. The quantitative estimate of drug-likeness (QED) is 0.633. The van der Waals surface area contributed by atoms with Crippen molar-refractivity contribution in [3.8, 4) is 0 Å². The van der Waals surface area contributed by atoms with Crippen molar-refractivity contribution < 1.29 is 13.2 Å². The summed E-state index contributed by atoms with van der Waals surface area (Å²) in [5, 5.41) is 0. The summed E-state index contributed by atoms with van der Waals surface area (Å²) in [5.41, 5.74) is 0. The molecule has 23 heavy (non-hydrogen) atoms. The van der Waals surface area contributed by atoms with Crippen LogP contribution in [-0.2, 0) is 14.6 Å². The van der Waals surface area contributed by atoms with Gasteiger partial charge in [0, 0.05) is 19.1 Å². The summed E-state index contributed by atoms with van der Waals surface area (Å²) in [6.07, 6.45) is 11.6. The number of hydrogen-bond acceptors (Lipinski definition) is 4. The van der Waals surface area contributed by atoms with E-state index in [0.29, 0.717) is 29.8 Å². The second-order valence-electron chi connectivity index (χ2n) is 7.28. The Balaban J connectivity index is 1.69. The largest absolute Gasteiger partial charge is 0.375 e. The van der Waals surface area contributed by atoms with Crippen molar-refractivity contribution in [3.05, 3.63) is 0 Å². The predicted molar refractivity (Wildman–Crippen MR) is 95.6 cm³/mol. The highest BCUT2D eigenvalue weighted by atomic mass is 32.2. The Morgan fingerprint density at radius 1 is 1.04 bits per heavy atom. The fourth-order valence-electron chi connectivity index (χ4n) is 3.90. The Kier molecular flexibility index (Phi) is 7.83. The second kappa shape index (κ2) is 9.38. The molecule has 1 aliphatic carbocycles. The lowest BCUT2D eigenvalue weighted by molar-refractivity contribution is -0.0463. The van der Waals surface area contributed by atoms with E-state index in [1.807, 2.05) is 0 Å². The van der Waals surface area contributed by atoms with Crippen molar-refractivity contribution in [3.63, 3.8) is 0 Å². The second-order valence-corrected chi connectivity index (χ2v) is 9.58. The molecule has 0 bridgehead atoms. The zero-order valence-corrected chi connectivity index (χ0v) is 15.8. The Morgan fingerprint density at radius 2 is 1.70 bits per heavy atom. The topological polar surface area (TPSA) is 46.6 Å². The van der Waals surface area contributed by atoms with Crippen LogP contribution >= 0.6 is 0 Å². The highest BCUT2D eigenvalue weighted by Gasteiger charge is 2.31. The van der Waals surface area contributed by atoms with Gasteiger partial charge in [-0.3, -0.25) is 4.90 Å². The maximum Gasteiger partial charge on any atom is 0.152 e. The monoisotopic (exact) mass is 345 g/mol. The maximum atomic E-state index is 11.5. The van der Waals surface area contributed by atoms with Gasteiger partial charge in [0.15, 0.2) is 9.84 Å². The van der Waals surface area contributed by atoms with Gasteiger partial charge in [0.25, 0.3) is 0 Å². The zero-order chi connectivity index (χ0) is 16.7. The van der Waals surface area contributed by atoms with Gasteiger partial charge in [0.1, 0.15) is 0 Å². The van der Waals surface area contributed by atoms with Crippen LogP contribution in [0, 0.1) is 0 Å². The smallest absolute Gasteiger partial charge is 0.152 e. The number of nitrogens with zero attached hydrogens (tertiary/aromatic N) is 1. The fourth-order valence-corrected chi connectivity index (χ4v) is 5.13. The predicted octanol–water partition coefficient (Wildman–Crippen LogP) is 3.40. The number of sulfone groups is 1. The Bertz CT molecular complexity index is 416. The average molecular weight is 346 g/mol. The third-order valence-corrected chi connectivity index (χ3v) is 7.12. The average Bonchev–Trinajstić information content (AvgIpc) is 2.55. The third kappa shape index (κ3) is 6.35. The van der Waals surface area contributed by atoms with Gasteiger partial charge in [-0.25, -0.2) is 8.42 Å². The lowest BCUT2D eigenvalue weighted by atomic mass is 9.91. The van der Waals surface area contributed by atoms with E-state index in [-0.39, 0.29) is 0 Å². The van der Waals surface area contributed by atoms with Crippen molar-refractivity contribution >= 4 is 9.84 Å². The Labute approximate surface area is 142 Å². The summed E-state index contributed by atoms with van der Waals surface area (Å²) in [7, 11) is -2.76. The molecule has 0 spiro atoms. The van der Waals surface area contributed by atoms with Gasteiger partial charge in [-0.1, -0.05) is 33.1 Å². The van der Waals surface area contributed by atoms with Crippen LogP contribution in [0.1, 0.15) is 71.6 Å². The van der Waals surface area contributed by atoms with Crippen LogP contribution in [0.3, 0.4) is 0 Å². The fraction of sp³-hybridized carbons (Fsp3) is 1.00. The van der Waals surface area contributed by atoms with Gasteiger partial charge in [0.05, 0.1) is 23.7 Å². The first-order valence-electron chi connectivity index (χ1n) is 9.64. The number of rotatable bonds is 8. The van der Waals surface area contributed by atoms with Gasteiger partial charge in [0.2, 0.25) is 0 Å². The third-order valence-electron chi connectivity index (χ3n) is 5.51. The first kappa shape index (κ1) is 19.2. The van der Waals surface area contributed by atoms with Crippen LogP contribution in [0.2, 0.25) is 0 Å². The molecule has 2 rings (SSSR count). The molecule has 0 amide bonds. The summed E-state index contributed by atoms with van der Waals surface area (Å²) in [6, 6.07) is 0.575. The van der Waals surface area contributed by atoms with Crippen LogP contribution in [0.25, 0.3) is 0 Å². The summed E-state index contributed by atoms with van der Waals surface area (Å²) in [5.74, 6) is 0.692. The Morgan fingerprint density at radius 3 is 2.26 bits per heavy atom. The van der Waals surface area contributed by atoms with E-state index in [1.54, 1.807) is 0 Å².